The molecule has 0 radical (unpaired) electrons. The molecule has 3 rings (SSSR count). The lowest BCUT2D eigenvalue weighted by molar-refractivity contribution is -0.384. The molecule has 1 aromatic carbocycles. The Hall–Kier alpha value is -2.24. The van der Waals surface area contributed by atoms with Gasteiger partial charge in [0, 0.05) is 51.3 Å². The lowest BCUT2D eigenvalue weighted by Crippen LogP contribution is -2.44. The van der Waals surface area contributed by atoms with Gasteiger partial charge in [0.25, 0.3) is 5.69 Å². The van der Waals surface area contributed by atoms with Crippen LogP contribution in [0.15, 0.2) is 23.1 Å². The van der Waals surface area contributed by atoms with E-state index >= 15 is 0 Å². The first kappa shape index (κ1) is 25.4. The van der Waals surface area contributed by atoms with Gasteiger partial charge in [-0.15, -0.1) is 0 Å². The van der Waals surface area contributed by atoms with Gasteiger partial charge in [-0.05, 0) is 37.8 Å². The predicted molar refractivity (Wildman–Crippen MR) is 125 cm³/mol. The number of hydrogen-bond donors (Lipinski definition) is 0. The van der Waals surface area contributed by atoms with Crippen LogP contribution >= 0.6 is 0 Å². The number of anilines is 1. The van der Waals surface area contributed by atoms with Crippen LogP contribution in [-0.2, 0) is 19.6 Å². The molecule has 2 aliphatic heterocycles. The monoisotopic (exact) mass is 482 g/mol. The second-order valence-electron chi connectivity index (χ2n) is 8.60. The number of morpholine rings is 1. The van der Waals surface area contributed by atoms with Gasteiger partial charge in [-0.2, -0.15) is 4.31 Å². The summed E-state index contributed by atoms with van der Waals surface area (Å²) in [6.07, 6.45) is 3.02. The van der Waals surface area contributed by atoms with Crippen molar-refractivity contribution in [1.82, 2.24) is 9.21 Å². The van der Waals surface area contributed by atoms with Crippen molar-refractivity contribution in [2.75, 3.05) is 51.3 Å². The summed E-state index contributed by atoms with van der Waals surface area (Å²) in [7, 11) is -1.98. The van der Waals surface area contributed by atoms with E-state index < -0.39 is 14.9 Å². The minimum absolute atomic E-state index is 0.0864. The third-order valence-corrected chi connectivity index (χ3v) is 8.67. The number of benzene rings is 1. The number of rotatable bonds is 8. The van der Waals surface area contributed by atoms with Crippen LogP contribution in [0, 0.1) is 16.0 Å². The van der Waals surface area contributed by atoms with Gasteiger partial charge >= 0.3 is 0 Å². The van der Waals surface area contributed by atoms with Crippen molar-refractivity contribution in [1.29, 1.82) is 0 Å². The van der Waals surface area contributed by atoms with E-state index in [-0.39, 0.29) is 41.5 Å². The summed E-state index contributed by atoms with van der Waals surface area (Å²) in [6, 6.07) is 4.32. The summed E-state index contributed by atoms with van der Waals surface area (Å²) in [4.78, 5) is 27.8. The number of piperidine rings is 1. The molecule has 0 bridgehead atoms. The number of ether oxygens (including phenoxy) is 1. The molecule has 184 valence electrons. The second kappa shape index (κ2) is 10.8. The van der Waals surface area contributed by atoms with Crippen molar-refractivity contribution >= 4 is 27.3 Å². The van der Waals surface area contributed by atoms with Crippen LogP contribution in [0.5, 0.6) is 0 Å². The largest absolute Gasteiger partial charge is 0.379 e. The van der Waals surface area contributed by atoms with Crippen LogP contribution in [-0.4, -0.2) is 80.9 Å². The minimum Gasteiger partial charge on any atom is -0.379 e. The molecular weight excluding hydrogens is 448 g/mol. The van der Waals surface area contributed by atoms with E-state index in [1.54, 1.807) is 0 Å². The summed E-state index contributed by atoms with van der Waals surface area (Å²) in [5.74, 6) is 0.0247. The Morgan fingerprint density at radius 1 is 1.18 bits per heavy atom. The molecule has 0 aliphatic carbocycles. The van der Waals surface area contributed by atoms with Crippen molar-refractivity contribution in [3.05, 3.63) is 28.3 Å². The number of sulfonamides is 1. The second-order valence-corrected chi connectivity index (χ2v) is 10.5. The van der Waals surface area contributed by atoms with Crippen LogP contribution in [0.1, 0.15) is 39.5 Å². The minimum atomic E-state index is -3.83. The van der Waals surface area contributed by atoms with Gasteiger partial charge in [-0.25, -0.2) is 8.42 Å². The molecule has 2 aliphatic rings. The topological polar surface area (TPSA) is 113 Å². The highest BCUT2D eigenvalue weighted by atomic mass is 32.2. The molecule has 1 aromatic rings. The first-order chi connectivity index (χ1) is 15.7. The molecule has 1 amide bonds. The maximum Gasteiger partial charge on any atom is 0.293 e. The smallest absolute Gasteiger partial charge is 0.293 e. The van der Waals surface area contributed by atoms with Gasteiger partial charge in [-0.3, -0.25) is 14.9 Å². The Morgan fingerprint density at radius 3 is 2.33 bits per heavy atom. The first-order valence-corrected chi connectivity index (χ1v) is 13.0. The summed E-state index contributed by atoms with van der Waals surface area (Å²) < 4.78 is 32.4. The Morgan fingerprint density at radius 2 is 1.79 bits per heavy atom. The van der Waals surface area contributed by atoms with E-state index in [1.165, 1.54) is 16.4 Å². The number of nitro benzene ring substituents is 1. The lowest BCUT2D eigenvalue weighted by atomic mass is 9.94. The third-order valence-electron chi connectivity index (χ3n) is 6.77. The maximum atomic E-state index is 12.9. The number of nitrogens with zero attached hydrogens (tertiary/aromatic N) is 4. The molecule has 2 fully saturated rings. The standard InChI is InChI=1S/C22H34N4O6S/c1-4-18(5-2)23(3)22(27)17-8-10-24(11-9-17)20-7-6-19(16-21(20)26(28)29)33(30,31)25-12-14-32-15-13-25/h6-7,16-18H,4-5,8-15H2,1-3H3. The van der Waals surface area contributed by atoms with Gasteiger partial charge in [0.05, 0.1) is 23.0 Å². The average molecular weight is 483 g/mol. The van der Waals surface area contributed by atoms with Crippen molar-refractivity contribution in [3.8, 4) is 0 Å². The van der Waals surface area contributed by atoms with Gasteiger partial charge in [0.1, 0.15) is 5.69 Å². The van der Waals surface area contributed by atoms with Crippen molar-refractivity contribution < 1.29 is 22.9 Å². The fraction of sp³-hybridized carbons (Fsp3) is 0.682. The number of hydrogen-bond acceptors (Lipinski definition) is 7. The highest BCUT2D eigenvalue weighted by Gasteiger charge is 2.33. The summed E-state index contributed by atoms with van der Waals surface area (Å²) in [5, 5.41) is 11.8. The summed E-state index contributed by atoms with van der Waals surface area (Å²) in [6.45, 7) is 6.22. The number of nitro groups is 1. The van der Waals surface area contributed by atoms with Gasteiger partial charge < -0.3 is 14.5 Å². The quantitative estimate of drug-likeness (QED) is 0.413. The van der Waals surface area contributed by atoms with E-state index in [2.05, 4.69) is 13.8 Å². The molecule has 0 spiro atoms. The van der Waals surface area contributed by atoms with E-state index in [4.69, 9.17) is 4.74 Å². The van der Waals surface area contributed by atoms with Crippen LogP contribution in [0.3, 0.4) is 0 Å². The average Bonchev–Trinajstić information content (AvgIpc) is 2.84. The van der Waals surface area contributed by atoms with Gasteiger partial charge in [-0.1, -0.05) is 13.8 Å². The zero-order valence-electron chi connectivity index (χ0n) is 19.6. The zero-order chi connectivity index (χ0) is 24.2. The number of amides is 1. The molecule has 0 atom stereocenters. The van der Waals surface area contributed by atoms with Crippen LogP contribution in [0.25, 0.3) is 0 Å². The SMILES string of the molecule is CCC(CC)N(C)C(=O)C1CCN(c2ccc(S(=O)(=O)N3CCOCC3)cc2[N+](=O)[O-])CC1. The van der Waals surface area contributed by atoms with Crippen LogP contribution in [0.4, 0.5) is 11.4 Å². The number of carbonyl (C=O) groups is 1. The van der Waals surface area contributed by atoms with E-state index in [0.717, 1.165) is 18.9 Å². The maximum absolute atomic E-state index is 12.9. The van der Waals surface area contributed by atoms with Crippen molar-refractivity contribution in [2.24, 2.45) is 5.92 Å². The Balaban J connectivity index is 1.75. The van der Waals surface area contributed by atoms with E-state index in [1.807, 2.05) is 16.8 Å². The normalized spacial score (nSPS) is 18.5. The van der Waals surface area contributed by atoms with Crippen LogP contribution < -0.4 is 4.90 Å². The molecule has 33 heavy (non-hydrogen) atoms. The van der Waals surface area contributed by atoms with Gasteiger partial charge in [0.2, 0.25) is 15.9 Å². The lowest BCUT2D eigenvalue weighted by Gasteiger charge is -2.36. The molecular formula is C22H34N4O6S. The number of carbonyl (C=O) groups excluding carboxylic acids is 1. The van der Waals surface area contributed by atoms with E-state index in [0.29, 0.717) is 44.8 Å². The Kier molecular flexibility index (Phi) is 8.30. The molecule has 0 saturated carbocycles. The molecule has 2 heterocycles. The molecule has 0 N–H and O–H groups in total. The highest BCUT2D eigenvalue weighted by molar-refractivity contribution is 7.89. The molecule has 11 heteroatoms. The Bertz CT molecular complexity index is 952. The van der Waals surface area contributed by atoms with Gasteiger partial charge in [0.15, 0.2) is 0 Å². The summed E-state index contributed by atoms with van der Waals surface area (Å²) >= 11 is 0. The fourth-order valence-corrected chi connectivity index (χ4v) is 6.11. The van der Waals surface area contributed by atoms with Crippen molar-refractivity contribution in [3.63, 3.8) is 0 Å². The van der Waals surface area contributed by atoms with E-state index in [9.17, 15) is 23.3 Å². The molecule has 0 aromatic heterocycles. The molecule has 2 saturated heterocycles. The zero-order valence-corrected chi connectivity index (χ0v) is 20.4. The summed E-state index contributed by atoms with van der Waals surface area (Å²) in [5.41, 5.74) is 0.156. The molecule has 0 unspecified atom stereocenters. The first-order valence-electron chi connectivity index (χ1n) is 11.6. The fourth-order valence-electron chi connectivity index (χ4n) is 4.69. The van der Waals surface area contributed by atoms with Crippen LogP contribution in [0.2, 0.25) is 0 Å². The highest BCUT2D eigenvalue weighted by Crippen LogP contribution is 2.34. The van der Waals surface area contributed by atoms with Crippen molar-refractivity contribution in [2.45, 2.75) is 50.5 Å². The predicted octanol–water partition coefficient (Wildman–Crippen LogP) is 2.48. The molecule has 10 nitrogen and oxygen atoms in total. The third kappa shape index (κ3) is 5.47. The Labute approximate surface area is 195 Å².